The van der Waals surface area contributed by atoms with Gasteiger partial charge in [0.1, 0.15) is 0 Å². The van der Waals surface area contributed by atoms with E-state index in [1.54, 1.807) is 0 Å². The van der Waals surface area contributed by atoms with Crippen LogP contribution in [0.15, 0.2) is 61.3 Å². The Kier molecular flexibility index (Phi) is 97.6. The molecule has 1 fully saturated rings. The fourth-order valence-electron chi connectivity index (χ4n) is 1.83. The average molecular weight is 639 g/mol. The van der Waals surface area contributed by atoms with Gasteiger partial charge in [-0.25, -0.2) is 4.89 Å². The number of hydrogen-bond acceptors (Lipinski definition) is 8. The molecule has 1 aliphatic heterocycles. The van der Waals surface area contributed by atoms with Crippen LogP contribution in [-0.4, -0.2) is 61.2 Å². The molecule has 1 rings (SSSR count). The maximum Gasteiger partial charge on any atom is 1.00 e. The van der Waals surface area contributed by atoms with Gasteiger partial charge in [-0.1, -0.05) is 68.0 Å². The van der Waals surface area contributed by atoms with Crippen LogP contribution in [0.1, 0.15) is 92.4 Å². The number of ether oxygens (including phenoxy) is 1. The molecule has 0 radical (unpaired) electrons. The summed E-state index contributed by atoms with van der Waals surface area (Å²) in [5.41, 5.74) is 0. The Morgan fingerprint density at radius 1 is 0.805 bits per heavy atom. The minimum Gasteiger partial charge on any atom is -0.854 e. The van der Waals surface area contributed by atoms with E-state index >= 15 is 0 Å². The molecule has 41 heavy (non-hydrogen) atoms. The summed E-state index contributed by atoms with van der Waals surface area (Å²) in [4.78, 5) is 7.55. The number of hydrogen-bond donors (Lipinski definition) is 3. The molecule has 1 atom stereocenters. The van der Waals surface area contributed by atoms with E-state index < -0.39 is 0 Å². The quantitative estimate of drug-likeness (QED) is 0.0513. The number of allylic oxidation sites excluding steroid dienone is 6. The Morgan fingerprint density at radius 3 is 1.44 bits per heavy atom. The summed E-state index contributed by atoms with van der Waals surface area (Å²) in [6.07, 6.45) is 25.4. The fourth-order valence-corrected chi connectivity index (χ4v) is 1.83. The largest absolute Gasteiger partial charge is 1.00 e. The van der Waals surface area contributed by atoms with Crippen molar-refractivity contribution in [1.29, 1.82) is 0 Å². The first-order valence-corrected chi connectivity index (χ1v) is 14.0. The molecule has 0 aromatic rings. The van der Waals surface area contributed by atoms with Crippen molar-refractivity contribution in [2.45, 2.75) is 98.5 Å². The third kappa shape index (κ3) is 108. The van der Waals surface area contributed by atoms with Crippen molar-refractivity contribution >= 4 is 0 Å². The Balaban J connectivity index is -0.0000000685. The average Bonchev–Trinajstić information content (AvgIpc) is 3.86. The van der Waals surface area contributed by atoms with Crippen molar-refractivity contribution < 1.29 is 143 Å². The normalized spacial score (nSPS) is 11.6. The number of unbranched alkanes of at least 4 members (excludes halogenated alkanes) is 4. The van der Waals surface area contributed by atoms with Gasteiger partial charge in [-0.05, 0) is 79.1 Å². The van der Waals surface area contributed by atoms with E-state index in [1.165, 1.54) is 6.08 Å². The molecule has 0 saturated carbocycles. The van der Waals surface area contributed by atoms with Gasteiger partial charge in [0.2, 0.25) is 0 Å². The molecule has 0 amide bonds. The Labute approximate surface area is 337 Å². The topological polar surface area (TPSA) is 138 Å². The molecule has 1 unspecified atom stereocenters. The number of rotatable bonds is 16. The van der Waals surface area contributed by atoms with Gasteiger partial charge >= 0.3 is 103 Å². The summed E-state index contributed by atoms with van der Waals surface area (Å²) in [5, 5.41) is 43.7. The van der Waals surface area contributed by atoms with Gasteiger partial charge in [0.15, 0.2) is 0 Å². The molecule has 0 aromatic heterocycles. The van der Waals surface area contributed by atoms with E-state index in [0.717, 1.165) is 64.6 Å². The number of aliphatic hydroxyl groups excluding tert-OH is 2. The molecule has 1 heterocycles. The molecule has 234 valence electrons. The van der Waals surface area contributed by atoms with Crippen molar-refractivity contribution in [3.8, 4) is 0 Å². The first-order chi connectivity index (χ1) is 19.0. The van der Waals surface area contributed by atoms with Crippen LogP contribution in [0.25, 0.3) is 0 Å². The Hall–Kier alpha value is 1.65. The van der Waals surface area contributed by atoms with Crippen LogP contribution >= 0.6 is 0 Å². The zero-order valence-electron chi connectivity index (χ0n) is 27.5. The van der Waals surface area contributed by atoms with Gasteiger partial charge in [-0.3, -0.25) is 5.26 Å². The Bertz CT molecular complexity index is 464. The monoisotopic (exact) mass is 638 g/mol. The van der Waals surface area contributed by atoms with Gasteiger partial charge in [-0.2, -0.15) is 0 Å². The Morgan fingerprint density at radius 2 is 1.22 bits per heavy atom. The zero-order valence-corrected chi connectivity index (χ0v) is 33.7. The van der Waals surface area contributed by atoms with E-state index in [2.05, 4.69) is 33.2 Å². The van der Waals surface area contributed by atoms with Crippen LogP contribution in [-0.2, 0) is 14.5 Å². The molecular weight excluding hydrogens is 579 g/mol. The predicted octanol–water partition coefficient (Wildman–Crippen LogP) is -0.527. The van der Waals surface area contributed by atoms with Gasteiger partial charge in [0.25, 0.3) is 0 Å². The molecule has 0 aromatic carbocycles. The van der Waals surface area contributed by atoms with Gasteiger partial charge < -0.3 is 30.2 Å². The van der Waals surface area contributed by atoms with E-state index in [9.17, 15) is 10.4 Å². The van der Waals surface area contributed by atoms with Crippen LogP contribution in [0.4, 0.5) is 0 Å². The van der Waals surface area contributed by atoms with Crippen LogP contribution in [0.2, 0.25) is 0 Å². The molecule has 0 bridgehead atoms. The SMILES string of the molecule is C/C=C/CCCCOO.C/C=C/CCCCO[O-].C/C=C/CCO.C/C=C/CC[O-].C1CO1.C=CC(O)CC.[K+].[K+]. The third-order valence-corrected chi connectivity index (χ3v) is 4.12. The maximum absolute atomic E-state index is 9.64. The summed E-state index contributed by atoms with van der Waals surface area (Å²) in [6, 6.07) is 0. The second-order valence-electron chi connectivity index (χ2n) is 7.75. The summed E-state index contributed by atoms with van der Waals surface area (Å²) >= 11 is 0. The van der Waals surface area contributed by atoms with E-state index in [1.807, 2.05) is 71.1 Å². The molecule has 0 spiro atoms. The van der Waals surface area contributed by atoms with Crippen LogP contribution in [0, 0.1) is 0 Å². The predicted molar refractivity (Wildman–Crippen MR) is 160 cm³/mol. The number of aliphatic hydroxyl groups is 2. The third-order valence-electron chi connectivity index (χ3n) is 4.12. The van der Waals surface area contributed by atoms with E-state index in [0.29, 0.717) is 19.6 Å². The van der Waals surface area contributed by atoms with E-state index in [4.69, 9.17) is 15.5 Å². The van der Waals surface area contributed by atoms with Crippen LogP contribution in [0.3, 0.4) is 0 Å². The molecule has 1 aliphatic rings. The van der Waals surface area contributed by atoms with Crippen molar-refractivity contribution in [2.24, 2.45) is 0 Å². The van der Waals surface area contributed by atoms with Crippen molar-refractivity contribution in [1.82, 2.24) is 0 Å². The minimum atomic E-state index is -0.301. The molecule has 1 saturated heterocycles. The minimum absolute atomic E-state index is 0. The zero-order chi connectivity index (χ0) is 30.7. The van der Waals surface area contributed by atoms with Crippen molar-refractivity contribution in [3.63, 3.8) is 0 Å². The van der Waals surface area contributed by atoms with Crippen molar-refractivity contribution in [2.75, 3.05) is 39.6 Å². The molecule has 10 heteroatoms. The van der Waals surface area contributed by atoms with E-state index in [-0.39, 0.29) is 122 Å². The summed E-state index contributed by atoms with van der Waals surface area (Å²) in [5.74, 6) is 0. The molecule has 3 N–H and O–H groups in total. The maximum atomic E-state index is 9.64. The second kappa shape index (κ2) is 68.7. The standard InChI is InChI=1S/2C7H14O2.2C5H10O.C5H9O.C2H4O.2K/c2*1-2-3-4-5-6-7-9-8;1-3-5(6)4-2;2*1-2-3-4-5-6;1-2-3-1;;/h2*2-3,8H,4-7H2,1H3;3,5-6H,1,4H2,2H3;2-3,6H,4-5H2,1H3;2-3H,4-5H2,1H3;1-2H2;;/q;;;;-1;;2*+1/p-1/b2*3-2+;;2*3-2+;;;. The van der Waals surface area contributed by atoms with Crippen molar-refractivity contribution in [3.05, 3.63) is 61.3 Å². The van der Waals surface area contributed by atoms with Gasteiger partial charge in [0.05, 0.1) is 25.9 Å². The van der Waals surface area contributed by atoms with Crippen LogP contribution < -0.4 is 113 Å². The second-order valence-corrected chi connectivity index (χ2v) is 7.75. The molecule has 8 nitrogen and oxygen atoms in total. The summed E-state index contributed by atoms with van der Waals surface area (Å²) in [7, 11) is 0. The van der Waals surface area contributed by atoms with Gasteiger partial charge in [0, 0.05) is 13.2 Å². The van der Waals surface area contributed by atoms with Crippen LogP contribution in [0.5, 0.6) is 0 Å². The number of epoxide rings is 1. The molecular formula is C31H60K2O8. The van der Waals surface area contributed by atoms with Gasteiger partial charge in [-0.15, -0.1) is 13.2 Å². The first kappa shape index (κ1) is 58.2. The fraction of sp³-hybridized carbons (Fsp3) is 0.677. The molecule has 0 aliphatic carbocycles. The summed E-state index contributed by atoms with van der Waals surface area (Å²) in [6.45, 7) is 16.2. The summed E-state index contributed by atoms with van der Waals surface area (Å²) < 4.78 is 4.50. The first-order valence-electron chi connectivity index (χ1n) is 14.0. The smallest absolute Gasteiger partial charge is 0.854 e.